The fourth-order valence-electron chi connectivity index (χ4n) is 6.11. The number of halogens is 1. The van der Waals surface area contributed by atoms with Gasteiger partial charge in [0, 0.05) is 17.5 Å². The fraction of sp³-hybridized carbons (Fsp3) is 0.500. The third-order valence-corrected chi connectivity index (χ3v) is 9.88. The van der Waals surface area contributed by atoms with Crippen molar-refractivity contribution in [2.75, 3.05) is 13.7 Å². The van der Waals surface area contributed by atoms with Gasteiger partial charge in [-0.1, -0.05) is 43.4 Å². The lowest BCUT2D eigenvalue weighted by Gasteiger charge is -2.30. The normalized spacial score (nSPS) is 15.0. The van der Waals surface area contributed by atoms with E-state index in [1.54, 1.807) is 20.8 Å². The quantitative estimate of drug-likeness (QED) is 0.215. The second-order valence-corrected chi connectivity index (χ2v) is 13.1. The molecule has 0 saturated heterocycles. The number of benzene rings is 1. The van der Waals surface area contributed by atoms with Gasteiger partial charge < -0.3 is 9.47 Å². The van der Waals surface area contributed by atoms with Gasteiger partial charge in [0.2, 0.25) is 0 Å². The van der Waals surface area contributed by atoms with E-state index in [0.717, 1.165) is 48.0 Å². The first-order valence-electron chi connectivity index (χ1n) is 15.1. The van der Waals surface area contributed by atoms with Gasteiger partial charge in [-0.15, -0.1) is 4.80 Å². The maximum Gasteiger partial charge on any atom is 0.333 e. The average molecular weight is 640 g/mol. The lowest BCUT2D eigenvalue weighted by Crippen LogP contribution is -2.53. The van der Waals surface area contributed by atoms with Crippen LogP contribution in [0.5, 0.6) is 5.75 Å². The lowest BCUT2D eigenvalue weighted by molar-refractivity contribution is -0.128. The SMILES string of the molecule is COc1ccc(F)cc1[C@H](Cn1c(=O)n(C(C)(C)C(=O)CC2CCCCC2)c(=O)c2c(C)c(-n3nccn3)sc21)OCC(C)=O. The Bertz CT molecular complexity index is 1840. The molecule has 1 aliphatic carbocycles. The molecule has 1 aromatic carbocycles. The molecular formula is C32H38FN5O6S. The van der Waals surface area contributed by atoms with E-state index in [9.17, 15) is 23.6 Å². The third-order valence-electron chi connectivity index (χ3n) is 8.60. The minimum atomic E-state index is -1.47. The zero-order valence-corrected chi connectivity index (χ0v) is 27.0. The molecule has 0 unspecified atom stereocenters. The number of carbonyl (C=O) groups excluding carboxylic acids is 2. The molecule has 3 aromatic heterocycles. The van der Waals surface area contributed by atoms with E-state index in [2.05, 4.69) is 10.2 Å². The summed E-state index contributed by atoms with van der Waals surface area (Å²) in [6, 6.07) is 3.91. The molecule has 0 spiro atoms. The maximum absolute atomic E-state index is 14.5. The number of ether oxygens (including phenoxy) is 2. The fourth-order valence-corrected chi connectivity index (χ4v) is 7.33. The molecule has 0 N–H and O–H groups in total. The zero-order valence-electron chi connectivity index (χ0n) is 26.2. The molecule has 4 aromatic rings. The molecule has 11 nitrogen and oxygen atoms in total. The van der Waals surface area contributed by atoms with Crippen LogP contribution in [0.25, 0.3) is 15.2 Å². The van der Waals surface area contributed by atoms with E-state index in [1.807, 2.05) is 0 Å². The topological polar surface area (TPSA) is 127 Å². The molecule has 5 rings (SSSR count). The summed E-state index contributed by atoms with van der Waals surface area (Å²) in [4.78, 5) is 56.3. The van der Waals surface area contributed by atoms with Crippen LogP contribution in [-0.4, -0.2) is 49.4 Å². The summed E-state index contributed by atoms with van der Waals surface area (Å²) >= 11 is 1.14. The van der Waals surface area contributed by atoms with Crippen molar-refractivity contribution >= 4 is 33.1 Å². The number of aromatic nitrogens is 5. The van der Waals surface area contributed by atoms with Crippen molar-refractivity contribution in [3.8, 4) is 10.8 Å². The van der Waals surface area contributed by atoms with Crippen molar-refractivity contribution in [3.63, 3.8) is 0 Å². The number of nitrogens with zero attached hydrogens (tertiary/aromatic N) is 5. The minimum absolute atomic E-state index is 0.197. The molecule has 0 radical (unpaired) electrons. The molecule has 3 heterocycles. The van der Waals surface area contributed by atoms with Gasteiger partial charge in [0.05, 0.1) is 31.4 Å². The molecule has 1 fully saturated rings. The van der Waals surface area contributed by atoms with Crippen LogP contribution >= 0.6 is 11.3 Å². The number of thiophene rings is 1. The number of hydrogen-bond donors (Lipinski definition) is 0. The molecule has 0 aliphatic heterocycles. The van der Waals surface area contributed by atoms with Gasteiger partial charge in [-0.25, -0.2) is 13.8 Å². The highest BCUT2D eigenvalue weighted by Crippen LogP contribution is 2.35. The van der Waals surface area contributed by atoms with E-state index in [1.165, 1.54) is 54.0 Å². The van der Waals surface area contributed by atoms with Crippen molar-refractivity contribution < 1.29 is 23.5 Å². The Morgan fingerprint density at radius 3 is 2.47 bits per heavy atom. The second-order valence-electron chi connectivity index (χ2n) is 12.1. The molecule has 13 heteroatoms. The molecular weight excluding hydrogens is 601 g/mol. The van der Waals surface area contributed by atoms with Crippen molar-refractivity contribution in [2.24, 2.45) is 5.92 Å². The van der Waals surface area contributed by atoms with Gasteiger partial charge in [-0.05, 0) is 51.8 Å². The van der Waals surface area contributed by atoms with E-state index in [4.69, 9.17) is 9.47 Å². The molecule has 240 valence electrons. The summed E-state index contributed by atoms with van der Waals surface area (Å²) in [6.07, 6.45) is 7.38. The Balaban J connectivity index is 1.72. The van der Waals surface area contributed by atoms with Crippen molar-refractivity contribution in [1.29, 1.82) is 0 Å². The maximum atomic E-state index is 14.5. The molecule has 1 aliphatic rings. The molecule has 0 bridgehead atoms. The number of fused-ring (bicyclic) bond motifs is 1. The molecule has 45 heavy (non-hydrogen) atoms. The van der Waals surface area contributed by atoms with Gasteiger partial charge >= 0.3 is 5.69 Å². The highest BCUT2D eigenvalue weighted by molar-refractivity contribution is 7.21. The van der Waals surface area contributed by atoms with Crippen molar-refractivity contribution in [2.45, 2.75) is 84.4 Å². The van der Waals surface area contributed by atoms with Crippen LogP contribution < -0.4 is 16.0 Å². The summed E-state index contributed by atoms with van der Waals surface area (Å²) in [7, 11) is 1.43. The minimum Gasteiger partial charge on any atom is -0.496 e. The van der Waals surface area contributed by atoms with E-state index >= 15 is 0 Å². The van der Waals surface area contributed by atoms with Crippen molar-refractivity contribution in [3.05, 3.63) is 68.4 Å². The Labute approximate surface area is 263 Å². The molecule has 0 amide bonds. The first-order valence-corrected chi connectivity index (χ1v) is 15.9. The monoisotopic (exact) mass is 639 g/mol. The average Bonchev–Trinajstić information content (AvgIpc) is 3.65. The van der Waals surface area contributed by atoms with Gasteiger partial charge in [0.25, 0.3) is 5.56 Å². The van der Waals surface area contributed by atoms with E-state index in [-0.39, 0.29) is 48.0 Å². The van der Waals surface area contributed by atoms with Gasteiger partial charge in [-0.3, -0.25) is 19.0 Å². The number of rotatable bonds is 12. The number of carbonyl (C=O) groups is 2. The second kappa shape index (κ2) is 13.2. The highest BCUT2D eigenvalue weighted by atomic mass is 32.1. The summed E-state index contributed by atoms with van der Waals surface area (Å²) in [5.41, 5.74) is -1.95. The molecule has 1 saturated carbocycles. The summed E-state index contributed by atoms with van der Waals surface area (Å²) in [5.74, 6) is -0.520. The number of methoxy groups -OCH3 is 1. The van der Waals surface area contributed by atoms with Gasteiger partial charge in [0.15, 0.2) is 11.6 Å². The van der Waals surface area contributed by atoms with E-state index in [0.29, 0.717) is 21.1 Å². The van der Waals surface area contributed by atoms with Gasteiger partial charge in [-0.2, -0.15) is 10.2 Å². The van der Waals surface area contributed by atoms with Crippen LogP contribution in [0.4, 0.5) is 4.39 Å². The van der Waals surface area contributed by atoms with Crippen LogP contribution in [0.2, 0.25) is 0 Å². The Kier molecular flexibility index (Phi) is 9.49. The largest absolute Gasteiger partial charge is 0.496 e. The first-order chi connectivity index (χ1) is 21.4. The van der Waals surface area contributed by atoms with Crippen LogP contribution in [0, 0.1) is 18.7 Å². The number of aryl methyl sites for hydroxylation is 1. The van der Waals surface area contributed by atoms with Crippen LogP contribution in [0.3, 0.4) is 0 Å². The Morgan fingerprint density at radius 1 is 1.13 bits per heavy atom. The number of hydrogen-bond acceptors (Lipinski definition) is 9. The predicted molar refractivity (Wildman–Crippen MR) is 168 cm³/mol. The molecule has 1 atom stereocenters. The van der Waals surface area contributed by atoms with Crippen LogP contribution in [0.1, 0.15) is 76.5 Å². The summed E-state index contributed by atoms with van der Waals surface area (Å²) in [5, 5.41) is 9.21. The predicted octanol–water partition coefficient (Wildman–Crippen LogP) is 4.88. The lowest BCUT2D eigenvalue weighted by atomic mass is 9.82. The van der Waals surface area contributed by atoms with Crippen LogP contribution in [0.15, 0.2) is 40.2 Å². The third kappa shape index (κ3) is 6.41. The first kappa shape index (κ1) is 32.4. The van der Waals surface area contributed by atoms with Crippen LogP contribution in [-0.2, 0) is 26.4 Å². The number of Topliss-reactive ketones (excluding diaryl/α,β-unsaturated/α-hetero) is 2. The van der Waals surface area contributed by atoms with E-state index < -0.39 is 28.7 Å². The smallest absolute Gasteiger partial charge is 0.333 e. The Hall–Kier alpha value is -3.97. The number of ketones is 2. The summed E-state index contributed by atoms with van der Waals surface area (Å²) in [6.45, 7) is 5.80. The zero-order chi connectivity index (χ0) is 32.5. The van der Waals surface area contributed by atoms with Gasteiger partial charge in [0.1, 0.15) is 39.6 Å². The Morgan fingerprint density at radius 2 is 1.82 bits per heavy atom. The highest BCUT2D eigenvalue weighted by Gasteiger charge is 2.37. The standard InChI is InChI=1S/C32H38FN5O6S/c1-19(39)18-44-25(23-16-22(33)11-12-24(23)43-5)17-36-30-27(20(2)29(45-30)38-34-13-14-35-38)28(41)37(31(36)42)32(3,4)26(40)15-21-9-7-6-8-10-21/h11-14,16,21,25H,6-10,15,17-18H2,1-5H3/t25-/m0/s1. The summed E-state index contributed by atoms with van der Waals surface area (Å²) < 4.78 is 28.4. The van der Waals surface area contributed by atoms with Crippen molar-refractivity contribution in [1.82, 2.24) is 24.1 Å².